The van der Waals surface area contributed by atoms with Gasteiger partial charge in [-0.25, -0.2) is 0 Å². The Kier molecular flexibility index (Phi) is 4.78. The van der Waals surface area contributed by atoms with Crippen LogP contribution < -0.4 is 5.73 Å². The fraction of sp³-hybridized carbons (Fsp3) is 0.412. The molecular weight excluding hydrogens is 328 g/mol. The molecule has 112 valence electrons. The molecular formula is C17H21BrN2O. The van der Waals surface area contributed by atoms with E-state index in [4.69, 9.17) is 10.2 Å². The zero-order valence-corrected chi connectivity index (χ0v) is 13.6. The zero-order valence-electron chi connectivity index (χ0n) is 12.0. The van der Waals surface area contributed by atoms with Gasteiger partial charge in [-0.2, -0.15) is 0 Å². The SMILES string of the molecule is NC(CCN(Cc1ccco1)C1CC1)c1ccc(Br)cc1. The molecule has 0 aliphatic heterocycles. The molecule has 2 N–H and O–H groups in total. The molecule has 1 fully saturated rings. The number of hydrogen-bond acceptors (Lipinski definition) is 3. The van der Waals surface area contributed by atoms with Gasteiger partial charge in [0.05, 0.1) is 12.8 Å². The fourth-order valence-electron chi connectivity index (χ4n) is 2.61. The van der Waals surface area contributed by atoms with Crippen molar-refractivity contribution < 1.29 is 4.42 Å². The van der Waals surface area contributed by atoms with Crippen molar-refractivity contribution in [3.8, 4) is 0 Å². The third-order valence-electron chi connectivity index (χ3n) is 4.03. The highest BCUT2D eigenvalue weighted by molar-refractivity contribution is 9.10. The van der Waals surface area contributed by atoms with Crippen molar-refractivity contribution in [3.05, 3.63) is 58.5 Å². The summed E-state index contributed by atoms with van der Waals surface area (Å²) in [6, 6.07) is 13.1. The Morgan fingerprint density at radius 3 is 2.62 bits per heavy atom. The van der Waals surface area contributed by atoms with Gasteiger partial charge < -0.3 is 10.2 Å². The molecule has 0 saturated heterocycles. The second-order valence-corrected chi connectivity index (χ2v) is 6.64. The molecule has 2 aromatic rings. The summed E-state index contributed by atoms with van der Waals surface area (Å²) in [4.78, 5) is 2.50. The number of furan rings is 1. The van der Waals surface area contributed by atoms with Crippen molar-refractivity contribution >= 4 is 15.9 Å². The normalized spacial score (nSPS) is 16.3. The van der Waals surface area contributed by atoms with Crippen LogP contribution in [-0.2, 0) is 6.54 Å². The number of benzene rings is 1. The Morgan fingerprint density at radius 1 is 1.24 bits per heavy atom. The minimum absolute atomic E-state index is 0.0935. The van der Waals surface area contributed by atoms with Gasteiger partial charge in [-0.15, -0.1) is 0 Å². The largest absolute Gasteiger partial charge is 0.468 e. The third kappa shape index (κ3) is 4.19. The van der Waals surface area contributed by atoms with E-state index in [1.807, 2.05) is 12.1 Å². The van der Waals surface area contributed by atoms with E-state index < -0.39 is 0 Å². The van der Waals surface area contributed by atoms with Crippen LogP contribution in [0.5, 0.6) is 0 Å². The lowest BCUT2D eigenvalue weighted by Gasteiger charge is -2.23. The smallest absolute Gasteiger partial charge is 0.117 e. The zero-order chi connectivity index (χ0) is 14.7. The second kappa shape index (κ2) is 6.77. The number of hydrogen-bond donors (Lipinski definition) is 1. The van der Waals surface area contributed by atoms with Crippen LogP contribution in [0.15, 0.2) is 51.6 Å². The van der Waals surface area contributed by atoms with Crippen LogP contribution in [0.2, 0.25) is 0 Å². The predicted molar refractivity (Wildman–Crippen MR) is 87.8 cm³/mol. The standard InChI is InChI=1S/C17H21BrN2O/c18-14-5-3-13(4-6-14)17(19)9-10-20(15-7-8-15)12-16-2-1-11-21-16/h1-6,11,15,17H,7-10,12,19H2. The highest BCUT2D eigenvalue weighted by Crippen LogP contribution is 2.29. The van der Waals surface area contributed by atoms with Crippen LogP contribution in [-0.4, -0.2) is 17.5 Å². The quantitative estimate of drug-likeness (QED) is 0.818. The molecule has 1 unspecified atom stereocenters. The van der Waals surface area contributed by atoms with Gasteiger partial charge in [-0.05, 0) is 49.1 Å². The molecule has 1 atom stereocenters. The summed E-state index contributed by atoms with van der Waals surface area (Å²) in [5, 5.41) is 0. The van der Waals surface area contributed by atoms with Crippen molar-refractivity contribution in [2.24, 2.45) is 5.73 Å². The van der Waals surface area contributed by atoms with Gasteiger partial charge in [0.25, 0.3) is 0 Å². The van der Waals surface area contributed by atoms with E-state index in [0.717, 1.165) is 29.7 Å². The topological polar surface area (TPSA) is 42.4 Å². The van der Waals surface area contributed by atoms with Crippen molar-refractivity contribution in [2.75, 3.05) is 6.54 Å². The fourth-order valence-corrected chi connectivity index (χ4v) is 2.88. The van der Waals surface area contributed by atoms with Gasteiger partial charge in [0, 0.05) is 23.1 Å². The van der Waals surface area contributed by atoms with Crippen LogP contribution in [0.3, 0.4) is 0 Å². The molecule has 4 heteroatoms. The maximum Gasteiger partial charge on any atom is 0.117 e. The summed E-state index contributed by atoms with van der Waals surface area (Å²) in [7, 11) is 0. The number of nitrogens with two attached hydrogens (primary N) is 1. The molecule has 0 amide bonds. The lowest BCUT2D eigenvalue weighted by Crippen LogP contribution is -2.29. The highest BCUT2D eigenvalue weighted by atomic mass is 79.9. The molecule has 1 saturated carbocycles. The minimum Gasteiger partial charge on any atom is -0.468 e. The molecule has 3 rings (SSSR count). The highest BCUT2D eigenvalue weighted by Gasteiger charge is 2.29. The second-order valence-electron chi connectivity index (χ2n) is 5.73. The summed E-state index contributed by atoms with van der Waals surface area (Å²) in [5.41, 5.74) is 7.52. The predicted octanol–water partition coefficient (Wildman–Crippen LogP) is 4.10. The molecule has 1 aromatic carbocycles. The van der Waals surface area contributed by atoms with E-state index in [1.165, 1.54) is 18.4 Å². The molecule has 21 heavy (non-hydrogen) atoms. The van der Waals surface area contributed by atoms with Crippen LogP contribution in [0.4, 0.5) is 0 Å². The molecule has 1 aliphatic rings. The van der Waals surface area contributed by atoms with Gasteiger partial charge in [0.1, 0.15) is 5.76 Å². The molecule has 1 aromatic heterocycles. The van der Waals surface area contributed by atoms with Crippen LogP contribution >= 0.6 is 15.9 Å². The summed E-state index contributed by atoms with van der Waals surface area (Å²) in [6.07, 6.45) is 5.31. The molecule has 0 spiro atoms. The maximum atomic E-state index is 6.32. The molecule has 3 nitrogen and oxygen atoms in total. The Labute approximate surface area is 134 Å². The Balaban J connectivity index is 1.55. The Hall–Kier alpha value is -1.10. The number of nitrogens with zero attached hydrogens (tertiary/aromatic N) is 1. The molecule has 0 radical (unpaired) electrons. The van der Waals surface area contributed by atoms with Crippen molar-refractivity contribution in [3.63, 3.8) is 0 Å². The number of halogens is 1. The first-order chi connectivity index (χ1) is 10.2. The Morgan fingerprint density at radius 2 is 2.00 bits per heavy atom. The third-order valence-corrected chi connectivity index (χ3v) is 4.56. The van der Waals surface area contributed by atoms with Gasteiger partial charge in [0.15, 0.2) is 0 Å². The van der Waals surface area contributed by atoms with E-state index in [2.05, 4.69) is 45.1 Å². The Bertz CT molecular complexity index is 549. The van der Waals surface area contributed by atoms with Gasteiger partial charge in [-0.1, -0.05) is 28.1 Å². The van der Waals surface area contributed by atoms with Crippen molar-refractivity contribution in [1.82, 2.24) is 4.90 Å². The van der Waals surface area contributed by atoms with Gasteiger partial charge in [-0.3, -0.25) is 4.90 Å². The minimum atomic E-state index is 0.0935. The number of rotatable bonds is 7. The van der Waals surface area contributed by atoms with E-state index >= 15 is 0 Å². The molecule has 1 aliphatic carbocycles. The molecule has 0 bridgehead atoms. The monoisotopic (exact) mass is 348 g/mol. The van der Waals surface area contributed by atoms with Crippen LogP contribution in [0, 0.1) is 0 Å². The van der Waals surface area contributed by atoms with E-state index in [9.17, 15) is 0 Å². The van der Waals surface area contributed by atoms with Gasteiger partial charge in [0.2, 0.25) is 0 Å². The summed E-state index contributed by atoms with van der Waals surface area (Å²) in [5.74, 6) is 1.04. The summed E-state index contributed by atoms with van der Waals surface area (Å²) >= 11 is 3.46. The first-order valence-corrected chi connectivity index (χ1v) is 8.29. The first kappa shape index (κ1) is 14.8. The van der Waals surface area contributed by atoms with Crippen LogP contribution in [0.1, 0.15) is 36.6 Å². The van der Waals surface area contributed by atoms with E-state index in [0.29, 0.717) is 6.04 Å². The average Bonchev–Trinajstić information content (AvgIpc) is 3.21. The summed E-state index contributed by atoms with van der Waals surface area (Å²) < 4.78 is 6.56. The van der Waals surface area contributed by atoms with E-state index in [-0.39, 0.29) is 6.04 Å². The van der Waals surface area contributed by atoms with Gasteiger partial charge >= 0.3 is 0 Å². The average molecular weight is 349 g/mol. The van der Waals surface area contributed by atoms with Crippen LogP contribution in [0.25, 0.3) is 0 Å². The molecule has 1 heterocycles. The summed E-state index contributed by atoms with van der Waals surface area (Å²) in [6.45, 7) is 1.91. The van der Waals surface area contributed by atoms with Crippen molar-refractivity contribution in [2.45, 2.75) is 37.9 Å². The lowest BCUT2D eigenvalue weighted by atomic mass is 10.0. The lowest BCUT2D eigenvalue weighted by molar-refractivity contribution is 0.225. The maximum absolute atomic E-state index is 6.32. The first-order valence-electron chi connectivity index (χ1n) is 7.50. The van der Waals surface area contributed by atoms with E-state index in [1.54, 1.807) is 6.26 Å². The van der Waals surface area contributed by atoms with Crippen molar-refractivity contribution in [1.29, 1.82) is 0 Å².